The second-order valence-corrected chi connectivity index (χ2v) is 7.96. The van der Waals surface area contributed by atoms with E-state index in [4.69, 9.17) is 9.73 Å². The molecule has 146 valence electrons. The Kier molecular flexibility index (Phi) is 6.58. The Bertz CT molecular complexity index is 1060. The minimum atomic E-state index is -0.271. The van der Waals surface area contributed by atoms with Crippen molar-refractivity contribution >= 4 is 33.6 Å². The van der Waals surface area contributed by atoms with Gasteiger partial charge in [-0.15, -0.1) is 11.8 Å². The smallest absolute Gasteiger partial charge is 0.368 e. The van der Waals surface area contributed by atoms with Crippen LogP contribution < -0.4 is 10.4 Å². The molecule has 3 rings (SSSR count). The summed E-state index contributed by atoms with van der Waals surface area (Å²) >= 11 is 3.20. The molecule has 7 nitrogen and oxygen atoms in total. The summed E-state index contributed by atoms with van der Waals surface area (Å²) in [5, 5.41) is 7.80. The molecule has 1 heterocycles. The van der Waals surface area contributed by atoms with Crippen LogP contribution in [0.1, 0.15) is 11.1 Å². The van der Waals surface area contributed by atoms with Crippen molar-refractivity contribution in [1.29, 1.82) is 0 Å². The molecule has 0 radical (unpaired) electrons. The lowest BCUT2D eigenvalue weighted by Gasteiger charge is -2.11. The second kappa shape index (κ2) is 9.11. The summed E-state index contributed by atoms with van der Waals surface area (Å²) in [4.78, 5) is 17.0. The van der Waals surface area contributed by atoms with E-state index in [9.17, 15) is 4.79 Å². The fraction of sp³-hybridized carbons (Fsp3) is 0.263. The highest BCUT2D eigenvalue weighted by atomic mass is 32.2. The molecule has 0 spiro atoms. The lowest BCUT2D eigenvalue weighted by molar-refractivity contribution is 0.415. The van der Waals surface area contributed by atoms with Gasteiger partial charge in [-0.25, -0.2) is 9.79 Å². The predicted octanol–water partition coefficient (Wildman–Crippen LogP) is 3.57. The van der Waals surface area contributed by atoms with Crippen molar-refractivity contribution in [3.63, 3.8) is 0 Å². The Labute approximate surface area is 171 Å². The van der Waals surface area contributed by atoms with E-state index in [1.54, 1.807) is 37.7 Å². The fourth-order valence-electron chi connectivity index (χ4n) is 2.59. The van der Waals surface area contributed by atoms with Crippen molar-refractivity contribution in [3.05, 3.63) is 64.1 Å². The molecule has 0 aliphatic heterocycles. The van der Waals surface area contributed by atoms with Crippen molar-refractivity contribution < 1.29 is 4.74 Å². The summed E-state index contributed by atoms with van der Waals surface area (Å²) in [7, 11) is 3.23. The Morgan fingerprint density at radius 1 is 1.21 bits per heavy atom. The van der Waals surface area contributed by atoms with E-state index in [2.05, 4.69) is 10.4 Å². The van der Waals surface area contributed by atoms with Crippen molar-refractivity contribution in [1.82, 2.24) is 19.8 Å². The van der Waals surface area contributed by atoms with Gasteiger partial charge in [0.1, 0.15) is 10.1 Å². The first-order valence-corrected chi connectivity index (χ1v) is 10.7. The molecule has 0 saturated heterocycles. The van der Waals surface area contributed by atoms with Gasteiger partial charge in [-0.3, -0.25) is 0 Å². The number of nitrogens with zero attached hydrogens (tertiary/aromatic N) is 5. The Morgan fingerprint density at radius 2 is 2.00 bits per heavy atom. The average Bonchev–Trinajstić information content (AvgIpc) is 3.04. The number of aliphatic imine (C=N–C) groups is 1. The maximum absolute atomic E-state index is 12.3. The van der Waals surface area contributed by atoms with Crippen LogP contribution in [0.3, 0.4) is 0 Å². The molecule has 0 atom stereocenters. The zero-order chi connectivity index (χ0) is 20.1. The van der Waals surface area contributed by atoms with Crippen LogP contribution in [0.2, 0.25) is 0 Å². The van der Waals surface area contributed by atoms with Gasteiger partial charge in [0.05, 0.1) is 18.5 Å². The second-order valence-electron chi connectivity index (χ2n) is 5.94. The first-order valence-electron chi connectivity index (χ1n) is 8.51. The number of hydrogen-bond acceptors (Lipinski definition) is 7. The topological polar surface area (TPSA) is 74.3 Å². The van der Waals surface area contributed by atoms with Crippen LogP contribution in [0.4, 0.5) is 5.69 Å². The van der Waals surface area contributed by atoms with E-state index < -0.39 is 0 Å². The van der Waals surface area contributed by atoms with E-state index in [-0.39, 0.29) is 5.69 Å². The number of methoxy groups -OCH3 is 1. The van der Waals surface area contributed by atoms with E-state index in [1.807, 2.05) is 55.6 Å². The molecule has 0 bridgehead atoms. The van der Waals surface area contributed by atoms with Crippen LogP contribution in [-0.4, -0.2) is 37.5 Å². The third-order valence-corrected chi connectivity index (χ3v) is 6.19. The summed E-state index contributed by atoms with van der Waals surface area (Å²) in [6, 6.07) is 13.5. The zero-order valence-corrected chi connectivity index (χ0v) is 17.8. The monoisotopic (exact) mass is 415 g/mol. The van der Waals surface area contributed by atoms with Crippen LogP contribution >= 0.6 is 23.5 Å². The largest absolute Gasteiger partial charge is 0.497 e. The zero-order valence-electron chi connectivity index (χ0n) is 16.1. The molecule has 2 aromatic carbocycles. The lowest BCUT2D eigenvalue weighted by atomic mass is 10.1. The van der Waals surface area contributed by atoms with Gasteiger partial charge < -0.3 is 4.74 Å². The van der Waals surface area contributed by atoms with Crippen LogP contribution in [0.15, 0.2) is 52.3 Å². The first-order chi connectivity index (χ1) is 13.5. The van der Waals surface area contributed by atoms with E-state index in [0.717, 1.165) is 32.6 Å². The fourth-order valence-corrected chi connectivity index (χ4v) is 4.25. The molecular formula is C19H21N5O2S2. The number of aryl methyl sites for hydroxylation is 2. The highest BCUT2D eigenvalue weighted by molar-refractivity contribution is 8.38. The number of rotatable bonds is 5. The summed E-state index contributed by atoms with van der Waals surface area (Å²) in [5.41, 5.74) is 3.43. The van der Waals surface area contributed by atoms with E-state index in [1.165, 1.54) is 9.36 Å². The van der Waals surface area contributed by atoms with Gasteiger partial charge in [0, 0.05) is 18.9 Å². The van der Waals surface area contributed by atoms with Crippen LogP contribution in [0.25, 0.3) is 5.69 Å². The molecule has 0 N–H and O–H groups in total. The van der Waals surface area contributed by atoms with Crippen molar-refractivity contribution in [2.75, 3.05) is 13.4 Å². The Morgan fingerprint density at radius 3 is 2.68 bits per heavy atom. The minimum absolute atomic E-state index is 0.271. The highest BCUT2D eigenvalue weighted by Crippen LogP contribution is 2.29. The molecule has 1 aromatic heterocycles. The minimum Gasteiger partial charge on any atom is -0.497 e. The molecule has 9 heteroatoms. The quantitative estimate of drug-likeness (QED) is 0.468. The maximum atomic E-state index is 12.3. The van der Waals surface area contributed by atoms with Gasteiger partial charge in [0.15, 0.2) is 0 Å². The SMILES string of the molecule is COc1cccc(N=C(SC)SCc2c(C)cccc2-n2nnn(C)c2=O)c1. The van der Waals surface area contributed by atoms with E-state index >= 15 is 0 Å². The maximum Gasteiger partial charge on any atom is 0.368 e. The first kappa shape index (κ1) is 20.2. The third kappa shape index (κ3) is 4.48. The molecule has 0 fully saturated rings. The standard InChI is InChI=1S/C19H21N5O2S2/c1-13-7-5-10-17(24-19(25)23(2)21-22-24)16(13)12-28-18(27-4)20-14-8-6-9-15(11-14)26-3/h5-11H,12H2,1-4H3. The van der Waals surface area contributed by atoms with Crippen molar-refractivity contribution in [3.8, 4) is 11.4 Å². The van der Waals surface area contributed by atoms with Gasteiger partial charge in [0.25, 0.3) is 0 Å². The Balaban J connectivity index is 1.88. The normalized spacial score (nSPS) is 11.6. The number of aromatic nitrogens is 4. The number of tetrazole rings is 1. The van der Waals surface area contributed by atoms with Crippen LogP contribution in [0, 0.1) is 6.92 Å². The lowest BCUT2D eigenvalue weighted by Crippen LogP contribution is -2.23. The highest BCUT2D eigenvalue weighted by Gasteiger charge is 2.14. The van der Waals surface area contributed by atoms with Gasteiger partial charge in [0.2, 0.25) is 0 Å². The van der Waals surface area contributed by atoms with Gasteiger partial charge >= 0.3 is 5.69 Å². The van der Waals surface area contributed by atoms with Gasteiger partial charge in [-0.2, -0.15) is 9.36 Å². The van der Waals surface area contributed by atoms with Crippen LogP contribution in [-0.2, 0) is 12.8 Å². The molecule has 0 unspecified atom stereocenters. The molecule has 0 aliphatic carbocycles. The van der Waals surface area contributed by atoms with Gasteiger partial charge in [-0.05, 0) is 52.9 Å². The summed E-state index contributed by atoms with van der Waals surface area (Å²) in [5.74, 6) is 1.43. The summed E-state index contributed by atoms with van der Waals surface area (Å²) in [6.45, 7) is 2.03. The van der Waals surface area contributed by atoms with Crippen molar-refractivity contribution in [2.45, 2.75) is 12.7 Å². The number of ether oxygens (including phenoxy) is 1. The number of hydrogen-bond donors (Lipinski definition) is 0. The molecule has 0 saturated carbocycles. The van der Waals surface area contributed by atoms with E-state index in [0.29, 0.717) is 5.75 Å². The molecule has 0 aliphatic rings. The van der Waals surface area contributed by atoms with Gasteiger partial charge in [-0.1, -0.05) is 30.0 Å². The number of thioether (sulfide) groups is 2. The molecule has 0 amide bonds. The molecular weight excluding hydrogens is 394 g/mol. The predicted molar refractivity (Wildman–Crippen MR) is 116 cm³/mol. The number of benzene rings is 2. The molecule has 3 aromatic rings. The summed E-state index contributed by atoms with van der Waals surface area (Å²) < 4.78 is 8.74. The molecule has 28 heavy (non-hydrogen) atoms. The average molecular weight is 416 g/mol. The van der Waals surface area contributed by atoms with Crippen molar-refractivity contribution in [2.24, 2.45) is 12.0 Å². The van der Waals surface area contributed by atoms with Crippen LogP contribution in [0.5, 0.6) is 5.75 Å². The Hall–Kier alpha value is -2.52. The third-order valence-electron chi connectivity index (χ3n) is 4.12. The summed E-state index contributed by atoms with van der Waals surface area (Å²) in [6.07, 6.45) is 2.00.